The molecule has 0 aliphatic heterocycles. The molecule has 0 amide bonds. The van der Waals surface area contributed by atoms with E-state index in [-0.39, 0.29) is 12.0 Å². The molecule has 2 N–H and O–H groups in total. The predicted molar refractivity (Wildman–Crippen MR) is 105 cm³/mol. The zero-order valence-electron chi connectivity index (χ0n) is 15.3. The average Bonchev–Trinajstić information content (AvgIpc) is 3.39. The number of benzene rings is 1. The Morgan fingerprint density at radius 3 is 2.79 bits per heavy atom. The van der Waals surface area contributed by atoms with Crippen LogP contribution in [0.1, 0.15) is 36.6 Å². The molecule has 144 valence electrons. The van der Waals surface area contributed by atoms with Crippen molar-refractivity contribution < 1.29 is 8.42 Å². The highest BCUT2D eigenvalue weighted by Gasteiger charge is 2.32. The smallest absolute Gasteiger partial charge is 0.240 e. The Morgan fingerprint density at radius 1 is 1.14 bits per heavy atom. The van der Waals surface area contributed by atoms with Crippen LogP contribution < -0.4 is 4.72 Å². The Labute approximate surface area is 162 Å². The number of sulfonamides is 1. The third-order valence-corrected chi connectivity index (χ3v) is 6.95. The van der Waals surface area contributed by atoms with Crippen molar-refractivity contribution in [3.05, 3.63) is 54.1 Å². The number of aryl methyl sites for hydroxylation is 1. The summed E-state index contributed by atoms with van der Waals surface area (Å²) in [6.45, 7) is 1.94. The van der Waals surface area contributed by atoms with Crippen LogP contribution in [0.5, 0.6) is 0 Å². The molecular weight excluding hydrogens is 376 g/mol. The molecule has 3 heterocycles. The molecule has 5 rings (SSSR count). The average molecular weight is 396 g/mol. The largest absolute Gasteiger partial charge is 0.345 e. The maximum Gasteiger partial charge on any atom is 0.240 e. The molecule has 2 atom stereocenters. The van der Waals surface area contributed by atoms with Gasteiger partial charge in [0.2, 0.25) is 10.0 Å². The fraction of sp³-hybridized carbons (Fsp3) is 0.316. The number of nitrogens with one attached hydrogen (secondary N) is 2. The van der Waals surface area contributed by atoms with Crippen molar-refractivity contribution in [1.29, 1.82) is 0 Å². The lowest BCUT2D eigenvalue weighted by molar-refractivity contribution is 0.546. The topological polar surface area (TPSA) is 105 Å². The predicted octanol–water partition coefficient (Wildman–Crippen LogP) is 2.53. The van der Waals surface area contributed by atoms with Crippen LogP contribution >= 0.6 is 0 Å². The summed E-state index contributed by atoms with van der Waals surface area (Å²) in [4.78, 5) is 7.74. The minimum Gasteiger partial charge on any atom is -0.345 e. The summed E-state index contributed by atoms with van der Waals surface area (Å²) in [6, 6.07) is 8.74. The molecule has 1 fully saturated rings. The molecule has 0 saturated heterocycles. The highest BCUT2D eigenvalue weighted by molar-refractivity contribution is 7.89. The first-order chi connectivity index (χ1) is 13.5. The molecule has 1 aliphatic carbocycles. The van der Waals surface area contributed by atoms with Gasteiger partial charge in [-0.1, -0.05) is 17.7 Å². The van der Waals surface area contributed by atoms with Crippen molar-refractivity contribution in [2.75, 3.05) is 0 Å². The second-order valence-corrected chi connectivity index (χ2v) is 9.08. The van der Waals surface area contributed by atoms with Crippen LogP contribution in [-0.2, 0) is 10.0 Å². The van der Waals surface area contributed by atoms with Gasteiger partial charge in [-0.15, -0.1) is 10.2 Å². The third kappa shape index (κ3) is 2.87. The molecule has 4 aromatic rings. The van der Waals surface area contributed by atoms with E-state index in [9.17, 15) is 8.42 Å². The minimum absolute atomic E-state index is 0.118. The molecule has 0 bridgehead atoms. The van der Waals surface area contributed by atoms with Gasteiger partial charge in [0.05, 0.1) is 16.6 Å². The molecule has 3 aromatic heterocycles. The first-order valence-electron chi connectivity index (χ1n) is 9.27. The summed E-state index contributed by atoms with van der Waals surface area (Å²) >= 11 is 0. The summed E-state index contributed by atoms with van der Waals surface area (Å²) in [6.07, 6.45) is 5.86. The van der Waals surface area contributed by atoms with E-state index in [1.54, 1.807) is 18.3 Å². The fourth-order valence-electron chi connectivity index (χ4n) is 3.99. The van der Waals surface area contributed by atoms with Crippen LogP contribution in [0.4, 0.5) is 0 Å². The number of hydrogen-bond acceptors (Lipinski definition) is 5. The van der Waals surface area contributed by atoms with E-state index in [2.05, 4.69) is 24.9 Å². The molecular formula is C19H20N6O2S. The maximum absolute atomic E-state index is 12.7. The summed E-state index contributed by atoms with van der Waals surface area (Å²) < 4.78 is 30.3. The molecule has 8 nitrogen and oxygen atoms in total. The number of nitrogens with zero attached hydrogens (tertiary/aromatic N) is 4. The number of aromatic amines is 1. The normalized spacial score (nSPS) is 20.3. The van der Waals surface area contributed by atoms with Crippen molar-refractivity contribution in [3.8, 4) is 0 Å². The number of aromatic nitrogens is 5. The van der Waals surface area contributed by atoms with Crippen molar-refractivity contribution in [2.45, 2.75) is 43.0 Å². The minimum atomic E-state index is -3.53. The molecule has 1 aromatic carbocycles. The van der Waals surface area contributed by atoms with E-state index < -0.39 is 10.0 Å². The summed E-state index contributed by atoms with van der Waals surface area (Å²) in [5.74, 6) is 1.00. The van der Waals surface area contributed by atoms with Gasteiger partial charge in [0.25, 0.3) is 0 Å². The van der Waals surface area contributed by atoms with Crippen LogP contribution in [0.3, 0.4) is 0 Å². The van der Waals surface area contributed by atoms with E-state index in [4.69, 9.17) is 0 Å². The van der Waals surface area contributed by atoms with Crippen LogP contribution in [0, 0.1) is 6.92 Å². The number of H-pyrrole nitrogens is 1. The molecule has 9 heteroatoms. The zero-order chi connectivity index (χ0) is 19.3. The zero-order valence-corrected chi connectivity index (χ0v) is 16.1. The Bertz CT molecular complexity index is 1260. The molecule has 0 spiro atoms. The van der Waals surface area contributed by atoms with Gasteiger partial charge in [0.1, 0.15) is 5.82 Å². The van der Waals surface area contributed by atoms with E-state index in [0.29, 0.717) is 17.0 Å². The first kappa shape index (κ1) is 17.3. The van der Waals surface area contributed by atoms with Gasteiger partial charge in [-0.05, 0) is 44.4 Å². The number of rotatable bonds is 4. The lowest BCUT2D eigenvalue weighted by Gasteiger charge is -2.14. The summed E-state index contributed by atoms with van der Waals surface area (Å²) in [7, 11) is -3.53. The van der Waals surface area contributed by atoms with Gasteiger partial charge in [-0.25, -0.2) is 18.1 Å². The lowest BCUT2D eigenvalue weighted by atomic mass is 10.1. The van der Waals surface area contributed by atoms with Gasteiger partial charge in [0, 0.05) is 18.2 Å². The Morgan fingerprint density at radius 2 is 1.96 bits per heavy atom. The molecule has 0 radical (unpaired) electrons. The van der Waals surface area contributed by atoms with Crippen LogP contribution in [0.15, 0.2) is 47.6 Å². The molecule has 1 saturated carbocycles. The van der Waals surface area contributed by atoms with Gasteiger partial charge < -0.3 is 4.98 Å². The molecule has 28 heavy (non-hydrogen) atoms. The van der Waals surface area contributed by atoms with Gasteiger partial charge >= 0.3 is 0 Å². The van der Waals surface area contributed by atoms with E-state index in [1.807, 2.05) is 35.7 Å². The Hall–Kier alpha value is -2.78. The van der Waals surface area contributed by atoms with E-state index in [1.165, 1.54) is 0 Å². The quantitative estimate of drug-likeness (QED) is 0.551. The first-order valence-corrected chi connectivity index (χ1v) is 10.8. The molecule has 0 unspecified atom stereocenters. The number of fused-ring (bicyclic) bond motifs is 3. The van der Waals surface area contributed by atoms with Crippen molar-refractivity contribution in [2.24, 2.45) is 0 Å². The second kappa shape index (κ2) is 6.39. The summed E-state index contributed by atoms with van der Waals surface area (Å²) in [5.41, 5.74) is 3.44. The fourth-order valence-corrected chi connectivity index (χ4v) is 5.27. The SMILES string of the molecule is Cc1ccc(S(=O)(=O)N[C@H]2CC[C@@H](c3nnc4cnc5[nH]ccc5n34)C2)cc1. The van der Waals surface area contributed by atoms with Crippen LogP contribution in [0.2, 0.25) is 0 Å². The van der Waals surface area contributed by atoms with Gasteiger partial charge in [0.15, 0.2) is 11.3 Å². The van der Waals surface area contributed by atoms with Crippen molar-refractivity contribution in [1.82, 2.24) is 29.3 Å². The maximum atomic E-state index is 12.7. The third-order valence-electron chi connectivity index (χ3n) is 5.42. The standard InChI is InChI=1S/C19H20N6O2S/c1-12-2-6-15(7-3-12)28(26,27)24-14-5-4-13(10-14)19-23-22-17-11-21-18-16(25(17)19)8-9-20-18/h2-3,6-9,11,13-14,20,24H,4-5,10H2,1H3/t13-,14+/m1/s1. The monoisotopic (exact) mass is 396 g/mol. The van der Waals surface area contributed by atoms with Crippen LogP contribution in [-0.4, -0.2) is 39.0 Å². The van der Waals surface area contributed by atoms with Crippen LogP contribution in [0.25, 0.3) is 16.8 Å². The van der Waals surface area contributed by atoms with Gasteiger partial charge in [-0.2, -0.15) is 0 Å². The van der Waals surface area contributed by atoms with Crippen molar-refractivity contribution in [3.63, 3.8) is 0 Å². The highest BCUT2D eigenvalue weighted by Crippen LogP contribution is 2.35. The Balaban J connectivity index is 1.40. The molecule has 1 aliphatic rings. The lowest BCUT2D eigenvalue weighted by Crippen LogP contribution is -2.33. The van der Waals surface area contributed by atoms with Gasteiger partial charge in [-0.3, -0.25) is 4.40 Å². The Kier molecular flexibility index (Phi) is 3.95. The highest BCUT2D eigenvalue weighted by atomic mass is 32.2. The second-order valence-electron chi connectivity index (χ2n) is 7.36. The van der Waals surface area contributed by atoms with E-state index >= 15 is 0 Å². The summed E-state index contributed by atoms with van der Waals surface area (Å²) in [5, 5.41) is 8.63. The number of hydrogen-bond donors (Lipinski definition) is 2. The van der Waals surface area contributed by atoms with E-state index in [0.717, 1.165) is 35.4 Å². The van der Waals surface area contributed by atoms with Crippen molar-refractivity contribution >= 4 is 26.8 Å².